The average molecular weight is 233 g/mol. The van der Waals surface area contributed by atoms with Gasteiger partial charge in [0.1, 0.15) is 0 Å². The van der Waals surface area contributed by atoms with Crippen molar-refractivity contribution in [3.63, 3.8) is 0 Å². The number of hydrogen-bond donors (Lipinski definition) is 1. The Kier molecular flexibility index (Phi) is 3.19. The topological polar surface area (TPSA) is 40.0 Å². The van der Waals surface area contributed by atoms with Gasteiger partial charge in [0.2, 0.25) is 0 Å². The predicted molar refractivity (Wildman–Crippen MR) is 69.4 cm³/mol. The minimum Gasteiger partial charge on any atom is -0.355 e. The third kappa shape index (κ3) is 1.93. The number of aromatic nitrogens is 1. The molecule has 16 heavy (non-hydrogen) atoms. The van der Waals surface area contributed by atoms with Gasteiger partial charge in [-0.1, -0.05) is 12.1 Å². The number of rotatable bonds is 3. The fourth-order valence-electron chi connectivity index (χ4n) is 1.65. The first kappa shape index (κ1) is 11.1. The van der Waals surface area contributed by atoms with E-state index in [9.17, 15) is 0 Å². The number of thiazole rings is 1. The Hall–Kier alpha value is -1.42. The zero-order chi connectivity index (χ0) is 11.5. The Labute approximate surface area is 99.2 Å². The highest BCUT2D eigenvalue weighted by atomic mass is 32.1. The maximum atomic E-state index is 8.09. The monoisotopic (exact) mass is 233 g/mol. The van der Waals surface area contributed by atoms with Gasteiger partial charge in [0, 0.05) is 13.1 Å². The lowest BCUT2D eigenvalue weighted by Crippen LogP contribution is -2.30. The highest BCUT2D eigenvalue weighted by Gasteiger charge is 2.12. The van der Waals surface area contributed by atoms with Gasteiger partial charge in [-0.05, 0) is 26.0 Å². The second-order valence-corrected chi connectivity index (χ2v) is 4.54. The number of benzene rings is 1. The molecule has 2 rings (SSSR count). The van der Waals surface area contributed by atoms with Crippen LogP contribution < -0.4 is 0 Å². The smallest absolute Gasteiger partial charge is 0.159 e. The molecule has 0 fully saturated rings. The largest absolute Gasteiger partial charge is 0.355 e. The Morgan fingerprint density at radius 1 is 1.31 bits per heavy atom. The van der Waals surface area contributed by atoms with E-state index in [2.05, 4.69) is 18.8 Å². The van der Waals surface area contributed by atoms with E-state index in [0.717, 1.165) is 28.3 Å². The fourth-order valence-corrected chi connectivity index (χ4v) is 2.59. The lowest BCUT2D eigenvalue weighted by molar-refractivity contribution is 0.463. The summed E-state index contributed by atoms with van der Waals surface area (Å²) in [5, 5.41) is 8.90. The Morgan fingerprint density at radius 3 is 2.62 bits per heavy atom. The highest BCUT2D eigenvalue weighted by Crippen LogP contribution is 2.22. The average Bonchev–Trinajstić information content (AvgIpc) is 2.74. The van der Waals surface area contributed by atoms with Crippen LogP contribution in [0.1, 0.15) is 18.9 Å². The highest BCUT2D eigenvalue weighted by molar-refractivity contribution is 7.20. The van der Waals surface area contributed by atoms with Crippen molar-refractivity contribution in [1.29, 1.82) is 5.41 Å². The molecule has 0 aliphatic heterocycles. The van der Waals surface area contributed by atoms with Gasteiger partial charge in [-0.3, -0.25) is 5.41 Å². The van der Waals surface area contributed by atoms with Gasteiger partial charge >= 0.3 is 0 Å². The third-order valence-corrected chi connectivity index (χ3v) is 3.62. The molecule has 1 aromatic heterocycles. The molecule has 3 nitrogen and oxygen atoms in total. The first-order valence-corrected chi connectivity index (χ1v) is 6.27. The van der Waals surface area contributed by atoms with Crippen LogP contribution in [0.25, 0.3) is 10.2 Å². The number of nitrogens with one attached hydrogen (secondary N) is 1. The Balaban J connectivity index is 2.36. The summed E-state index contributed by atoms with van der Waals surface area (Å²) in [6.45, 7) is 5.83. The van der Waals surface area contributed by atoms with Crippen LogP contribution in [0, 0.1) is 5.41 Å². The van der Waals surface area contributed by atoms with Crippen molar-refractivity contribution < 1.29 is 0 Å². The number of para-hydroxylation sites is 1. The molecule has 0 atom stereocenters. The van der Waals surface area contributed by atoms with Gasteiger partial charge < -0.3 is 4.90 Å². The molecule has 0 spiro atoms. The van der Waals surface area contributed by atoms with Crippen LogP contribution in [0.5, 0.6) is 0 Å². The summed E-state index contributed by atoms with van der Waals surface area (Å²) in [4.78, 5) is 6.49. The summed E-state index contributed by atoms with van der Waals surface area (Å²) in [5.74, 6) is 0.534. The van der Waals surface area contributed by atoms with Crippen molar-refractivity contribution in [3.8, 4) is 0 Å². The molecule has 0 saturated heterocycles. The lowest BCUT2D eigenvalue weighted by atomic mass is 10.3. The maximum Gasteiger partial charge on any atom is 0.159 e. The van der Waals surface area contributed by atoms with Crippen LogP contribution in [0.3, 0.4) is 0 Å². The lowest BCUT2D eigenvalue weighted by Gasteiger charge is -2.19. The normalized spacial score (nSPS) is 10.6. The number of amidine groups is 1. The predicted octanol–water partition coefficient (Wildman–Crippen LogP) is 2.96. The molecule has 1 aromatic carbocycles. The van der Waals surface area contributed by atoms with E-state index in [-0.39, 0.29) is 0 Å². The minimum absolute atomic E-state index is 0.534. The molecular weight excluding hydrogens is 218 g/mol. The third-order valence-electron chi connectivity index (χ3n) is 2.58. The standard InChI is InChI=1S/C12H15N3S/c1-3-15(4-2)11(13)12-14-9-7-5-6-8-10(9)16-12/h5-8,13H,3-4H2,1-2H3. The molecule has 0 bridgehead atoms. The van der Waals surface area contributed by atoms with Crippen LogP contribution in [0.15, 0.2) is 24.3 Å². The number of fused-ring (bicyclic) bond motifs is 1. The number of nitrogens with zero attached hydrogens (tertiary/aromatic N) is 2. The number of hydrogen-bond acceptors (Lipinski definition) is 3. The Morgan fingerprint density at radius 2 is 2.00 bits per heavy atom. The molecule has 2 aromatic rings. The summed E-state index contributed by atoms with van der Waals surface area (Å²) >= 11 is 1.59. The first-order valence-electron chi connectivity index (χ1n) is 5.45. The van der Waals surface area contributed by atoms with Gasteiger partial charge in [-0.2, -0.15) is 0 Å². The molecule has 0 aliphatic carbocycles. The van der Waals surface area contributed by atoms with Crippen molar-refractivity contribution in [2.24, 2.45) is 0 Å². The van der Waals surface area contributed by atoms with E-state index in [0.29, 0.717) is 5.84 Å². The van der Waals surface area contributed by atoms with E-state index in [1.54, 1.807) is 11.3 Å². The van der Waals surface area contributed by atoms with E-state index in [1.807, 2.05) is 29.2 Å². The van der Waals surface area contributed by atoms with Crippen LogP contribution in [0.2, 0.25) is 0 Å². The molecule has 1 heterocycles. The second-order valence-electron chi connectivity index (χ2n) is 3.51. The molecule has 1 N–H and O–H groups in total. The maximum absolute atomic E-state index is 8.09. The second kappa shape index (κ2) is 4.61. The minimum atomic E-state index is 0.534. The van der Waals surface area contributed by atoms with Crippen molar-refractivity contribution in [2.75, 3.05) is 13.1 Å². The summed E-state index contributed by atoms with van der Waals surface area (Å²) in [6, 6.07) is 8.02. The molecule has 4 heteroatoms. The van der Waals surface area contributed by atoms with E-state index in [1.165, 1.54) is 0 Å². The molecule has 84 valence electrons. The van der Waals surface area contributed by atoms with Crippen LogP contribution in [-0.4, -0.2) is 28.8 Å². The SMILES string of the molecule is CCN(CC)C(=N)c1nc2ccccc2s1. The fraction of sp³-hybridized carbons (Fsp3) is 0.333. The summed E-state index contributed by atoms with van der Waals surface area (Å²) < 4.78 is 1.15. The van der Waals surface area contributed by atoms with Crippen molar-refractivity contribution >= 4 is 27.4 Å². The van der Waals surface area contributed by atoms with Crippen LogP contribution in [-0.2, 0) is 0 Å². The molecule has 0 aliphatic rings. The summed E-state index contributed by atoms with van der Waals surface area (Å²) in [7, 11) is 0. The van der Waals surface area contributed by atoms with E-state index in [4.69, 9.17) is 5.41 Å². The van der Waals surface area contributed by atoms with Gasteiger partial charge in [-0.15, -0.1) is 11.3 Å². The van der Waals surface area contributed by atoms with Gasteiger partial charge in [-0.25, -0.2) is 4.98 Å². The molecule has 0 saturated carbocycles. The van der Waals surface area contributed by atoms with Gasteiger partial charge in [0.25, 0.3) is 0 Å². The molecule has 0 amide bonds. The zero-order valence-corrected chi connectivity index (χ0v) is 10.3. The Bertz CT molecular complexity index is 467. The first-order chi connectivity index (χ1) is 7.76. The van der Waals surface area contributed by atoms with Crippen LogP contribution >= 0.6 is 11.3 Å². The quantitative estimate of drug-likeness (QED) is 0.654. The molecule has 0 unspecified atom stereocenters. The van der Waals surface area contributed by atoms with Crippen molar-refractivity contribution in [1.82, 2.24) is 9.88 Å². The van der Waals surface area contributed by atoms with Gasteiger partial charge in [0.05, 0.1) is 10.2 Å². The summed E-state index contributed by atoms with van der Waals surface area (Å²) in [5.41, 5.74) is 0.986. The molecule has 0 radical (unpaired) electrons. The van der Waals surface area contributed by atoms with E-state index < -0.39 is 0 Å². The summed E-state index contributed by atoms with van der Waals surface area (Å²) in [6.07, 6.45) is 0. The van der Waals surface area contributed by atoms with Crippen molar-refractivity contribution in [3.05, 3.63) is 29.3 Å². The van der Waals surface area contributed by atoms with Crippen LogP contribution in [0.4, 0.5) is 0 Å². The molecular formula is C12H15N3S. The van der Waals surface area contributed by atoms with E-state index >= 15 is 0 Å². The zero-order valence-electron chi connectivity index (χ0n) is 9.53. The van der Waals surface area contributed by atoms with Crippen molar-refractivity contribution in [2.45, 2.75) is 13.8 Å². The van der Waals surface area contributed by atoms with Gasteiger partial charge in [0.15, 0.2) is 10.8 Å².